The Morgan fingerprint density at radius 2 is 1.93 bits per heavy atom. The van der Waals surface area contributed by atoms with Gasteiger partial charge in [0.05, 0.1) is 12.1 Å². The summed E-state index contributed by atoms with van der Waals surface area (Å²) in [5.41, 5.74) is 1.00. The molecule has 0 spiro atoms. The van der Waals surface area contributed by atoms with Crippen LogP contribution in [-0.2, 0) is 4.79 Å². The fourth-order valence-electron chi connectivity index (χ4n) is 2.10. The van der Waals surface area contributed by atoms with E-state index in [2.05, 4.69) is 15.5 Å². The predicted octanol–water partition coefficient (Wildman–Crippen LogP) is 4.39. The largest absolute Gasteiger partial charge is 0.497 e. The van der Waals surface area contributed by atoms with Crippen LogP contribution in [0.1, 0.15) is 10.6 Å². The summed E-state index contributed by atoms with van der Waals surface area (Å²) in [5.74, 6) is 0.915. The van der Waals surface area contributed by atoms with Crippen LogP contribution in [0.3, 0.4) is 0 Å². The number of nitrogens with zero attached hydrogens (tertiary/aromatic N) is 2. The Hall–Kier alpha value is -2.90. The van der Waals surface area contributed by atoms with Gasteiger partial charge >= 0.3 is 0 Å². The molecule has 0 saturated carbocycles. The Kier molecular flexibility index (Phi) is 6.40. The third kappa shape index (κ3) is 5.54. The SMILES string of the molecule is COc1ccc(C=Cc2nnc(NC(=O)COc3ccccc3Cl)s2)cc1. The van der Waals surface area contributed by atoms with Gasteiger partial charge in [-0.3, -0.25) is 10.1 Å². The monoisotopic (exact) mass is 401 g/mol. The molecule has 1 heterocycles. The summed E-state index contributed by atoms with van der Waals surface area (Å²) in [6, 6.07) is 14.6. The highest BCUT2D eigenvalue weighted by atomic mass is 35.5. The van der Waals surface area contributed by atoms with Crippen molar-refractivity contribution in [1.29, 1.82) is 0 Å². The summed E-state index contributed by atoms with van der Waals surface area (Å²) in [4.78, 5) is 12.0. The van der Waals surface area contributed by atoms with Crippen LogP contribution in [0.15, 0.2) is 48.5 Å². The molecule has 1 N–H and O–H groups in total. The normalized spacial score (nSPS) is 10.7. The van der Waals surface area contributed by atoms with E-state index in [1.807, 2.05) is 36.4 Å². The standard InChI is InChI=1S/C19H16ClN3O3S/c1-25-14-9-6-13(7-10-14)8-11-18-22-23-19(27-18)21-17(24)12-26-16-5-3-2-4-15(16)20/h2-11H,12H2,1H3,(H,21,23,24). The molecule has 0 bridgehead atoms. The Morgan fingerprint density at radius 1 is 1.15 bits per heavy atom. The molecule has 0 unspecified atom stereocenters. The highest BCUT2D eigenvalue weighted by molar-refractivity contribution is 7.16. The fraction of sp³-hybridized carbons (Fsp3) is 0.105. The predicted molar refractivity (Wildman–Crippen MR) is 107 cm³/mol. The molecule has 0 aliphatic heterocycles. The molecule has 6 nitrogen and oxygen atoms in total. The van der Waals surface area contributed by atoms with Crippen molar-refractivity contribution in [3.63, 3.8) is 0 Å². The van der Waals surface area contributed by atoms with E-state index in [-0.39, 0.29) is 12.5 Å². The number of amides is 1. The molecule has 1 aromatic heterocycles. The molecular formula is C19H16ClN3O3S. The molecule has 3 aromatic rings. The van der Waals surface area contributed by atoms with Gasteiger partial charge in [0.2, 0.25) is 5.13 Å². The van der Waals surface area contributed by atoms with Gasteiger partial charge in [-0.1, -0.05) is 53.3 Å². The smallest absolute Gasteiger partial charge is 0.264 e. The molecule has 0 saturated heterocycles. The lowest BCUT2D eigenvalue weighted by Crippen LogP contribution is -2.20. The van der Waals surface area contributed by atoms with E-state index in [4.69, 9.17) is 21.1 Å². The molecule has 2 aromatic carbocycles. The van der Waals surface area contributed by atoms with E-state index in [0.717, 1.165) is 11.3 Å². The van der Waals surface area contributed by atoms with Gasteiger partial charge in [0.25, 0.3) is 5.91 Å². The van der Waals surface area contributed by atoms with Crippen LogP contribution in [0.2, 0.25) is 5.02 Å². The van der Waals surface area contributed by atoms with Crippen molar-refractivity contribution in [3.05, 3.63) is 64.1 Å². The Labute approximate surface area is 165 Å². The summed E-state index contributed by atoms with van der Waals surface area (Å²) >= 11 is 7.25. The van der Waals surface area contributed by atoms with E-state index >= 15 is 0 Å². The highest BCUT2D eigenvalue weighted by Gasteiger charge is 2.09. The first kappa shape index (κ1) is 18.9. The van der Waals surface area contributed by atoms with Crippen LogP contribution in [-0.4, -0.2) is 29.8 Å². The molecule has 0 aliphatic rings. The zero-order valence-corrected chi connectivity index (χ0v) is 16.0. The maximum atomic E-state index is 12.0. The van der Waals surface area contributed by atoms with E-state index in [1.54, 1.807) is 31.4 Å². The fourth-order valence-corrected chi connectivity index (χ4v) is 2.95. The number of nitrogens with one attached hydrogen (secondary N) is 1. The average molecular weight is 402 g/mol. The third-order valence-electron chi connectivity index (χ3n) is 3.42. The number of methoxy groups -OCH3 is 1. The van der Waals surface area contributed by atoms with Crippen molar-refractivity contribution in [2.45, 2.75) is 0 Å². The second-order valence-corrected chi connectivity index (χ2v) is 6.74. The topological polar surface area (TPSA) is 73.3 Å². The van der Waals surface area contributed by atoms with Crippen molar-refractivity contribution in [1.82, 2.24) is 10.2 Å². The lowest BCUT2D eigenvalue weighted by molar-refractivity contribution is -0.118. The summed E-state index contributed by atoms with van der Waals surface area (Å²) in [7, 11) is 1.63. The van der Waals surface area contributed by atoms with Crippen LogP contribution < -0.4 is 14.8 Å². The first-order chi connectivity index (χ1) is 13.1. The Morgan fingerprint density at radius 3 is 2.67 bits per heavy atom. The van der Waals surface area contributed by atoms with Gasteiger partial charge in [0, 0.05) is 0 Å². The summed E-state index contributed by atoms with van der Waals surface area (Å²) in [6.45, 7) is -0.166. The number of hydrogen-bond acceptors (Lipinski definition) is 6. The quantitative estimate of drug-likeness (QED) is 0.635. The van der Waals surface area contributed by atoms with E-state index < -0.39 is 0 Å². The maximum absolute atomic E-state index is 12.0. The number of aromatic nitrogens is 2. The van der Waals surface area contributed by atoms with Crippen molar-refractivity contribution >= 4 is 46.1 Å². The van der Waals surface area contributed by atoms with E-state index in [9.17, 15) is 4.79 Å². The highest BCUT2D eigenvalue weighted by Crippen LogP contribution is 2.23. The molecule has 0 radical (unpaired) electrons. The average Bonchev–Trinajstić information content (AvgIpc) is 3.13. The summed E-state index contributed by atoms with van der Waals surface area (Å²) < 4.78 is 10.5. The van der Waals surface area contributed by atoms with Crippen LogP contribution in [0.4, 0.5) is 5.13 Å². The van der Waals surface area contributed by atoms with Crippen molar-refractivity contribution in [2.24, 2.45) is 0 Å². The minimum atomic E-state index is -0.336. The Bertz CT molecular complexity index is 941. The van der Waals surface area contributed by atoms with Gasteiger partial charge in [-0.25, -0.2) is 0 Å². The minimum Gasteiger partial charge on any atom is -0.497 e. The lowest BCUT2D eigenvalue weighted by atomic mass is 10.2. The molecular weight excluding hydrogens is 386 g/mol. The summed E-state index contributed by atoms with van der Waals surface area (Å²) in [5, 5.41) is 12.2. The number of anilines is 1. The van der Waals surface area contributed by atoms with Crippen molar-refractivity contribution < 1.29 is 14.3 Å². The number of ether oxygens (including phenoxy) is 2. The number of rotatable bonds is 7. The first-order valence-electron chi connectivity index (χ1n) is 7.97. The second-order valence-electron chi connectivity index (χ2n) is 5.32. The van der Waals surface area contributed by atoms with Gasteiger partial charge in [0.1, 0.15) is 16.5 Å². The van der Waals surface area contributed by atoms with Gasteiger partial charge in [0.15, 0.2) is 6.61 Å². The van der Waals surface area contributed by atoms with Crippen molar-refractivity contribution in [2.75, 3.05) is 19.0 Å². The molecule has 0 aliphatic carbocycles. The van der Waals surface area contributed by atoms with Crippen LogP contribution >= 0.6 is 22.9 Å². The maximum Gasteiger partial charge on any atom is 0.264 e. The molecule has 138 valence electrons. The molecule has 27 heavy (non-hydrogen) atoms. The van der Waals surface area contributed by atoms with Gasteiger partial charge in [-0.05, 0) is 35.9 Å². The Balaban J connectivity index is 1.53. The van der Waals surface area contributed by atoms with E-state index in [1.165, 1.54) is 11.3 Å². The first-order valence-corrected chi connectivity index (χ1v) is 9.16. The minimum absolute atomic E-state index is 0.166. The number of benzene rings is 2. The van der Waals surface area contributed by atoms with Gasteiger partial charge in [-0.15, -0.1) is 10.2 Å². The molecule has 1 amide bonds. The molecule has 8 heteroatoms. The number of hydrogen-bond donors (Lipinski definition) is 1. The third-order valence-corrected chi connectivity index (χ3v) is 4.53. The van der Waals surface area contributed by atoms with Gasteiger partial charge < -0.3 is 9.47 Å². The molecule has 0 fully saturated rings. The lowest BCUT2D eigenvalue weighted by Gasteiger charge is -2.06. The summed E-state index contributed by atoms with van der Waals surface area (Å²) in [6.07, 6.45) is 3.74. The van der Waals surface area contributed by atoms with E-state index in [0.29, 0.717) is 20.9 Å². The number of carbonyl (C=O) groups excluding carboxylic acids is 1. The van der Waals surface area contributed by atoms with Crippen LogP contribution in [0.25, 0.3) is 12.2 Å². The van der Waals surface area contributed by atoms with Crippen LogP contribution in [0.5, 0.6) is 11.5 Å². The van der Waals surface area contributed by atoms with Crippen LogP contribution in [0, 0.1) is 0 Å². The second kappa shape index (κ2) is 9.16. The number of halogens is 1. The zero-order valence-electron chi connectivity index (χ0n) is 14.4. The van der Waals surface area contributed by atoms with Gasteiger partial charge in [-0.2, -0.15) is 0 Å². The number of para-hydroxylation sites is 1. The molecule has 3 rings (SSSR count). The van der Waals surface area contributed by atoms with Crippen molar-refractivity contribution in [3.8, 4) is 11.5 Å². The zero-order chi connectivity index (χ0) is 19.1. The number of carbonyl (C=O) groups is 1. The molecule has 0 atom stereocenters.